The smallest absolute Gasteiger partial charge is 0.487 e. The Morgan fingerprint density at radius 3 is 2.48 bits per heavy atom. The maximum atomic E-state index is 12.2. The molecule has 0 amide bonds. The van der Waals surface area contributed by atoms with Crippen molar-refractivity contribution in [3.63, 3.8) is 0 Å². The van der Waals surface area contributed by atoms with Crippen molar-refractivity contribution in [2.24, 2.45) is 5.92 Å². The molecule has 11 nitrogen and oxygen atoms in total. The van der Waals surface area contributed by atoms with Crippen molar-refractivity contribution in [2.45, 2.75) is 33.0 Å². The van der Waals surface area contributed by atoms with E-state index in [4.69, 9.17) is 4.74 Å². The molecular weight excluding hydrogens is 425 g/mol. The van der Waals surface area contributed by atoms with Crippen molar-refractivity contribution in [3.8, 4) is 11.5 Å². The van der Waals surface area contributed by atoms with Gasteiger partial charge in [-0.05, 0) is 35.1 Å². The van der Waals surface area contributed by atoms with Crippen LogP contribution in [0.3, 0.4) is 0 Å². The van der Waals surface area contributed by atoms with E-state index in [1.54, 1.807) is 6.20 Å². The zero-order valence-electron chi connectivity index (χ0n) is 16.1. The molecule has 0 saturated heterocycles. The summed E-state index contributed by atoms with van der Waals surface area (Å²) < 4.78 is 48.5. The maximum absolute atomic E-state index is 12.2. The molecule has 2 heterocycles. The molecule has 0 spiro atoms. The Balaban J connectivity index is 1.51. The first kappa shape index (κ1) is 21.9. The predicted molar refractivity (Wildman–Crippen MR) is 98.4 cm³/mol. The van der Waals surface area contributed by atoms with E-state index in [2.05, 4.69) is 20.0 Å². The second-order valence-corrected chi connectivity index (χ2v) is 6.70. The molecule has 0 aliphatic heterocycles. The Bertz CT molecular complexity index is 1090. The molecule has 3 rings (SSSR count). The number of rotatable bonds is 9. The fourth-order valence-electron chi connectivity index (χ4n) is 2.75. The summed E-state index contributed by atoms with van der Waals surface area (Å²) in [5.41, 5.74) is -0.0878. The molecule has 0 fully saturated rings. The second-order valence-electron chi connectivity index (χ2n) is 6.70. The minimum atomic E-state index is -4.76. The van der Waals surface area contributed by atoms with Crippen LogP contribution in [0, 0.1) is 16.0 Å². The Kier molecular flexibility index (Phi) is 6.27. The normalized spacial score (nSPS) is 12.5. The van der Waals surface area contributed by atoms with Crippen LogP contribution in [0.2, 0.25) is 0 Å². The molecule has 0 aliphatic carbocycles. The van der Waals surface area contributed by atoms with E-state index in [-0.39, 0.29) is 30.6 Å². The van der Waals surface area contributed by atoms with Crippen molar-refractivity contribution in [3.05, 3.63) is 63.0 Å². The first-order chi connectivity index (χ1) is 14.6. The van der Waals surface area contributed by atoms with Gasteiger partial charge in [0.2, 0.25) is 0 Å². The summed E-state index contributed by atoms with van der Waals surface area (Å²) in [6.07, 6.45) is -1.99. The van der Waals surface area contributed by atoms with Crippen LogP contribution in [0.5, 0.6) is 11.5 Å². The van der Waals surface area contributed by atoms with E-state index in [9.17, 15) is 28.1 Å². The van der Waals surface area contributed by atoms with Gasteiger partial charge in [0.05, 0.1) is 6.20 Å². The molecule has 14 heteroatoms. The summed E-state index contributed by atoms with van der Waals surface area (Å²) in [5.74, 6) is -0.502. The Morgan fingerprint density at radius 1 is 1.19 bits per heavy atom. The molecule has 0 unspecified atom stereocenters. The summed E-state index contributed by atoms with van der Waals surface area (Å²) in [6, 6.07) is 4.94. The van der Waals surface area contributed by atoms with Crippen molar-refractivity contribution in [2.75, 3.05) is 0 Å². The second kappa shape index (κ2) is 8.89. The number of aromatic amines is 1. The Morgan fingerprint density at radius 2 is 1.87 bits per heavy atom. The fraction of sp³-hybridized carbons (Fsp3) is 0.353. The molecule has 2 aromatic heterocycles. The molecule has 0 bridgehead atoms. The van der Waals surface area contributed by atoms with Gasteiger partial charge < -0.3 is 19.6 Å². The van der Waals surface area contributed by atoms with Gasteiger partial charge in [-0.15, -0.1) is 18.3 Å². The van der Waals surface area contributed by atoms with Crippen LogP contribution in [0.1, 0.15) is 12.6 Å². The zero-order valence-corrected chi connectivity index (χ0v) is 16.1. The summed E-state index contributed by atoms with van der Waals surface area (Å²) >= 11 is 0. The number of benzene rings is 1. The molecule has 31 heavy (non-hydrogen) atoms. The van der Waals surface area contributed by atoms with Crippen LogP contribution in [0.15, 0.2) is 41.5 Å². The van der Waals surface area contributed by atoms with Gasteiger partial charge >= 0.3 is 17.9 Å². The van der Waals surface area contributed by atoms with E-state index >= 15 is 0 Å². The molecule has 0 radical (unpaired) electrons. The van der Waals surface area contributed by atoms with E-state index in [0.29, 0.717) is 18.0 Å². The Hall–Kier alpha value is -3.84. The predicted octanol–water partition coefficient (Wildman–Crippen LogP) is 2.49. The zero-order chi connectivity index (χ0) is 22.6. The third-order valence-corrected chi connectivity index (χ3v) is 4.01. The molecule has 1 atom stereocenters. The average Bonchev–Trinajstić information content (AvgIpc) is 3.27. The number of halogens is 3. The number of nitrogens with zero attached hydrogens (tertiary/aromatic N) is 5. The number of H-pyrrole nitrogens is 1. The number of nitrogens with one attached hydrogen (secondary N) is 1. The quantitative estimate of drug-likeness (QED) is 0.398. The standard InChI is InChI=1S/C17H17F3N6O5/c1-11(6-24-9-15(26(28)29)21-16(24)27)7-25-8-12(22-23-25)10-30-13-2-4-14(5-3-13)31-17(18,19)20/h2-5,8-9,11H,6-7,10H2,1H3,(H,21,27)/t11-/m0/s1. The van der Waals surface area contributed by atoms with Gasteiger partial charge in [-0.25, -0.2) is 4.79 Å². The lowest BCUT2D eigenvalue weighted by molar-refractivity contribution is -0.389. The lowest BCUT2D eigenvalue weighted by atomic mass is 10.2. The molecule has 0 aliphatic rings. The number of imidazole rings is 1. The highest BCUT2D eigenvalue weighted by molar-refractivity contribution is 5.31. The van der Waals surface area contributed by atoms with Gasteiger partial charge in [0, 0.05) is 13.1 Å². The SMILES string of the molecule is C[C@H](Cn1cc(COc2ccc(OC(F)(F)F)cc2)nn1)Cn1cc([N+](=O)[O-])[nH]c1=O. The number of hydrogen-bond acceptors (Lipinski definition) is 7. The minimum absolute atomic E-state index is 0.0390. The van der Waals surface area contributed by atoms with E-state index in [0.717, 1.165) is 18.3 Å². The van der Waals surface area contributed by atoms with Crippen molar-refractivity contribution < 1.29 is 27.6 Å². The first-order valence-corrected chi connectivity index (χ1v) is 8.90. The van der Waals surface area contributed by atoms with E-state index in [1.165, 1.54) is 21.4 Å². The van der Waals surface area contributed by atoms with Crippen LogP contribution in [0.25, 0.3) is 0 Å². The van der Waals surface area contributed by atoms with E-state index < -0.39 is 17.0 Å². The van der Waals surface area contributed by atoms with Crippen LogP contribution < -0.4 is 15.2 Å². The summed E-state index contributed by atoms with van der Waals surface area (Å²) in [6.45, 7) is 2.51. The monoisotopic (exact) mass is 442 g/mol. The van der Waals surface area contributed by atoms with Crippen LogP contribution in [-0.4, -0.2) is 35.8 Å². The molecule has 1 N–H and O–H groups in total. The first-order valence-electron chi connectivity index (χ1n) is 8.90. The fourth-order valence-corrected chi connectivity index (χ4v) is 2.75. The maximum Gasteiger partial charge on any atom is 0.573 e. The van der Waals surface area contributed by atoms with Gasteiger partial charge in [0.25, 0.3) is 0 Å². The number of aromatic nitrogens is 5. The molecule has 3 aromatic rings. The summed E-state index contributed by atoms with van der Waals surface area (Å²) in [7, 11) is 0. The summed E-state index contributed by atoms with van der Waals surface area (Å²) in [4.78, 5) is 23.9. The van der Waals surface area contributed by atoms with Gasteiger partial charge in [-0.1, -0.05) is 12.1 Å². The topological polar surface area (TPSA) is 130 Å². The van der Waals surface area contributed by atoms with Gasteiger partial charge in [-0.3, -0.25) is 9.25 Å². The van der Waals surface area contributed by atoms with Crippen LogP contribution in [-0.2, 0) is 19.7 Å². The lowest BCUT2D eigenvalue weighted by Crippen LogP contribution is -2.22. The minimum Gasteiger partial charge on any atom is -0.487 e. The van der Waals surface area contributed by atoms with Crippen molar-refractivity contribution >= 4 is 5.82 Å². The van der Waals surface area contributed by atoms with Gasteiger partial charge in [0.1, 0.15) is 30.0 Å². The third-order valence-electron chi connectivity index (χ3n) is 4.01. The molecule has 0 saturated carbocycles. The van der Waals surface area contributed by atoms with E-state index in [1.807, 2.05) is 6.92 Å². The highest BCUT2D eigenvalue weighted by Crippen LogP contribution is 2.25. The van der Waals surface area contributed by atoms with Gasteiger partial charge in [-0.2, -0.15) is 4.98 Å². The molecular formula is C17H17F3N6O5. The van der Waals surface area contributed by atoms with Crippen LogP contribution in [0.4, 0.5) is 19.0 Å². The Labute approximate surface area is 172 Å². The van der Waals surface area contributed by atoms with Gasteiger partial charge in [0.15, 0.2) is 0 Å². The van der Waals surface area contributed by atoms with Crippen molar-refractivity contribution in [1.82, 2.24) is 24.5 Å². The number of nitro groups is 1. The molecule has 1 aromatic carbocycles. The summed E-state index contributed by atoms with van der Waals surface area (Å²) in [5, 5.41) is 18.6. The number of alkyl halides is 3. The largest absolute Gasteiger partial charge is 0.573 e. The highest BCUT2D eigenvalue weighted by atomic mass is 19.4. The highest BCUT2D eigenvalue weighted by Gasteiger charge is 2.31. The average molecular weight is 442 g/mol. The lowest BCUT2D eigenvalue weighted by Gasteiger charge is -2.10. The van der Waals surface area contributed by atoms with Crippen molar-refractivity contribution in [1.29, 1.82) is 0 Å². The number of ether oxygens (including phenoxy) is 2. The number of hydrogen-bond donors (Lipinski definition) is 1. The molecule has 166 valence electrons. The van der Waals surface area contributed by atoms with Crippen LogP contribution >= 0.6 is 0 Å². The third kappa shape index (κ3) is 6.32.